The minimum atomic E-state index is -1.16. The fourth-order valence-corrected chi connectivity index (χ4v) is 2.86. The van der Waals surface area contributed by atoms with Crippen LogP contribution in [0.4, 0.5) is 10.5 Å². The normalized spacial score (nSPS) is 16.4. The summed E-state index contributed by atoms with van der Waals surface area (Å²) in [6.45, 7) is 5.12. The zero-order valence-electron chi connectivity index (χ0n) is 16.6. The fourth-order valence-electron chi connectivity index (χ4n) is 2.86. The van der Waals surface area contributed by atoms with E-state index in [1.807, 2.05) is 13.8 Å². The molecule has 0 saturated carbocycles. The maximum Gasteiger partial charge on any atom is 0.344 e. The number of nitrogens with zero attached hydrogens (tertiary/aromatic N) is 1. The Labute approximate surface area is 172 Å². The predicted octanol–water partition coefficient (Wildman–Crippen LogP) is 2.82. The highest BCUT2D eigenvalue weighted by molar-refractivity contribution is 6.39. The van der Waals surface area contributed by atoms with Crippen LogP contribution < -0.4 is 15.0 Å². The summed E-state index contributed by atoms with van der Waals surface area (Å²) >= 11 is 0. The number of ether oxygens (including phenoxy) is 1. The van der Waals surface area contributed by atoms with Gasteiger partial charge in [-0.05, 0) is 56.2 Å². The number of carbonyl (C=O) groups is 4. The highest BCUT2D eigenvalue weighted by Gasteiger charge is 2.37. The molecular weight excluding hydrogens is 388 g/mol. The quantitative estimate of drug-likeness (QED) is 0.581. The minimum Gasteiger partial charge on any atom is -0.479 e. The number of benzene rings is 2. The number of carbonyl (C=O) groups excluding carboxylic acids is 3. The lowest BCUT2D eigenvalue weighted by Gasteiger charge is -2.27. The first-order valence-corrected chi connectivity index (χ1v) is 9.16. The second-order valence-corrected chi connectivity index (χ2v) is 6.86. The number of amides is 4. The number of aryl methyl sites for hydroxylation is 2. The van der Waals surface area contributed by atoms with Crippen molar-refractivity contribution >= 4 is 35.6 Å². The smallest absolute Gasteiger partial charge is 0.344 e. The van der Waals surface area contributed by atoms with E-state index in [4.69, 9.17) is 9.84 Å². The number of hydrogen-bond acceptors (Lipinski definition) is 5. The molecular formula is C22H20N2O6. The van der Waals surface area contributed by atoms with Crippen LogP contribution in [-0.4, -0.2) is 35.0 Å². The standard InChI is InChI=1S/C22H20N2O6/c1-12-8-9-16(10-13(12)2)24-20(26)17(19(25)23-22(24)29)11-15-6-4-5-7-18(15)30-14(3)21(27)28/h4-11,14H,1-3H3,(H,27,28)(H,23,25,29)/b17-11+/t14-/m0/s1. The molecule has 0 aromatic heterocycles. The molecule has 1 heterocycles. The molecule has 1 aliphatic heterocycles. The van der Waals surface area contributed by atoms with Crippen LogP contribution >= 0.6 is 0 Å². The fraction of sp³-hybridized carbons (Fsp3) is 0.182. The Hall–Kier alpha value is -3.94. The van der Waals surface area contributed by atoms with Gasteiger partial charge in [0.15, 0.2) is 6.10 Å². The van der Waals surface area contributed by atoms with Gasteiger partial charge < -0.3 is 9.84 Å². The third-order valence-corrected chi connectivity index (χ3v) is 4.72. The molecule has 0 bridgehead atoms. The zero-order valence-corrected chi connectivity index (χ0v) is 16.6. The van der Waals surface area contributed by atoms with Crippen molar-refractivity contribution in [3.05, 3.63) is 64.7 Å². The second kappa shape index (κ2) is 8.20. The number of imide groups is 2. The van der Waals surface area contributed by atoms with Crippen LogP contribution in [0.1, 0.15) is 23.6 Å². The average molecular weight is 408 g/mol. The van der Waals surface area contributed by atoms with Gasteiger partial charge in [-0.25, -0.2) is 14.5 Å². The van der Waals surface area contributed by atoms with E-state index in [1.165, 1.54) is 19.1 Å². The molecule has 0 unspecified atom stereocenters. The molecule has 4 amide bonds. The van der Waals surface area contributed by atoms with Gasteiger partial charge in [-0.15, -0.1) is 0 Å². The van der Waals surface area contributed by atoms with E-state index in [0.717, 1.165) is 16.0 Å². The van der Waals surface area contributed by atoms with E-state index in [9.17, 15) is 19.2 Å². The molecule has 1 fully saturated rings. The molecule has 2 N–H and O–H groups in total. The summed E-state index contributed by atoms with van der Waals surface area (Å²) in [7, 11) is 0. The monoisotopic (exact) mass is 408 g/mol. The highest BCUT2D eigenvalue weighted by Crippen LogP contribution is 2.27. The SMILES string of the molecule is Cc1ccc(N2C(=O)NC(=O)/C(=C\c3ccccc3O[C@@H](C)C(=O)O)C2=O)cc1C. The Balaban J connectivity index is 2.01. The molecule has 0 radical (unpaired) electrons. The summed E-state index contributed by atoms with van der Waals surface area (Å²) in [5.41, 5.74) is 2.28. The van der Waals surface area contributed by atoms with Gasteiger partial charge in [0.05, 0.1) is 5.69 Å². The molecule has 0 spiro atoms. The van der Waals surface area contributed by atoms with Crippen molar-refractivity contribution in [3.63, 3.8) is 0 Å². The summed E-state index contributed by atoms with van der Waals surface area (Å²) < 4.78 is 5.41. The van der Waals surface area contributed by atoms with E-state index < -0.39 is 29.9 Å². The van der Waals surface area contributed by atoms with Crippen LogP contribution in [0, 0.1) is 13.8 Å². The first-order chi connectivity index (χ1) is 14.2. The van der Waals surface area contributed by atoms with Gasteiger partial charge in [0.1, 0.15) is 11.3 Å². The van der Waals surface area contributed by atoms with Gasteiger partial charge in [-0.3, -0.25) is 14.9 Å². The number of aliphatic carboxylic acids is 1. The molecule has 8 heteroatoms. The van der Waals surface area contributed by atoms with Crippen molar-refractivity contribution in [3.8, 4) is 5.75 Å². The number of carboxylic acid groups (broad SMARTS) is 1. The molecule has 30 heavy (non-hydrogen) atoms. The zero-order chi connectivity index (χ0) is 22.0. The van der Waals surface area contributed by atoms with Crippen molar-refractivity contribution < 1.29 is 29.0 Å². The Bertz CT molecular complexity index is 1090. The van der Waals surface area contributed by atoms with Crippen LogP contribution in [-0.2, 0) is 14.4 Å². The van der Waals surface area contributed by atoms with Crippen molar-refractivity contribution in [1.29, 1.82) is 0 Å². The summed E-state index contributed by atoms with van der Waals surface area (Å²) in [5, 5.41) is 11.2. The van der Waals surface area contributed by atoms with Gasteiger partial charge in [0, 0.05) is 5.56 Å². The number of para-hydroxylation sites is 1. The minimum absolute atomic E-state index is 0.190. The average Bonchev–Trinajstić information content (AvgIpc) is 2.68. The number of rotatable bonds is 5. The van der Waals surface area contributed by atoms with E-state index in [1.54, 1.807) is 36.4 Å². The molecule has 1 saturated heterocycles. The second-order valence-electron chi connectivity index (χ2n) is 6.86. The van der Waals surface area contributed by atoms with Crippen LogP contribution in [0.25, 0.3) is 6.08 Å². The van der Waals surface area contributed by atoms with Crippen LogP contribution in [0.2, 0.25) is 0 Å². The molecule has 1 atom stereocenters. The summed E-state index contributed by atoms with van der Waals surface area (Å²) in [5.74, 6) is -2.59. The van der Waals surface area contributed by atoms with Gasteiger partial charge in [0.25, 0.3) is 11.8 Å². The summed E-state index contributed by atoms with van der Waals surface area (Å²) in [4.78, 5) is 49.7. The number of barbiturate groups is 1. The molecule has 2 aromatic carbocycles. The van der Waals surface area contributed by atoms with Crippen molar-refractivity contribution in [2.75, 3.05) is 4.90 Å². The lowest BCUT2D eigenvalue weighted by atomic mass is 10.0. The van der Waals surface area contributed by atoms with Crippen molar-refractivity contribution in [2.45, 2.75) is 26.9 Å². The largest absolute Gasteiger partial charge is 0.479 e. The maximum atomic E-state index is 13.0. The lowest BCUT2D eigenvalue weighted by molar-refractivity contribution is -0.144. The highest BCUT2D eigenvalue weighted by atomic mass is 16.5. The predicted molar refractivity (Wildman–Crippen MR) is 109 cm³/mol. The van der Waals surface area contributed by atoms with Gasteiger partial charge in [0.2, 0.25) is 0 Å². The molecule has 3 rings (SSSR count). The Kier molecular flexibility index (Phi) is 5.68. The molecule has 1 aliphatic rings. The van der Waals surface area contributed by atoms with Crippen LogP contribution in [0.15, 0.2) is 48.0 Å². The van der Waals surface area contributed by atoms with E-state index in [0.29, 0.717) is 11.3 Å². The maximum absolute atomic E-state index is 13.0. The van der Waals surface area contributed by atoms with Crippen LogP contribution in [0.5, 0.6) is 5.75 Å². The van der Waals surface area contributed by atoms with E-state index in [2.05, 4.69) is 5.32 Å². The molecule has 154 valence electrons. The Morgan fingerprint density at radius 2 is 1.80 bits per heavy atom. The van der Waals surface area contributed by atoms with E-state index >= 15 is 0 Å². The van der Waals surface area contributed by atoms with Gasteiger partial charge in [-0.1, -0.05) is 24.3 Å². The van der Waals surface area contributed by atoms with Crippen molar-refractivity contribution in [2.24, 2.45) is 0 Å². The number of nitrogens with one attached hydrogen (secondary N) is 1. The summed E-state index contributed by atoms with van der Waals surface area (Å²) in [6, 6.07) is 10.7. The molecule has 8 nitrogen and oxygen atoms in total. The molecule has 2 aromatic rings. The Morgan fingerprint density at radius 1 is 1.10 bits per heavy atom. The lowest BCUT2D eigenvalue weighted by Crippen LogP contribution is -2.54. The summed E-state index contributed by atoms with van der Waals surface area (Å²) in [6.07, 6.45) is 0.149. The third kappa shape index (κ3) is 4.07. The number of hydrogen-bond donors (Lipinski definition) is 2. The molecule has 0 aliphatic carbocycles. The Morgan fingerprint density at radius 3 is 2.47 bits per heavy atom. The third-order valence-electron chi connectivity index (χ3n) is 4.72. The number of urea groups is 1. The number of anilines is 1. The van der Waals surface area contributed by atoms with Crippen molar-refractivity contribution in [1.82, 2.24) is 5.32 Å². The van der Waals surface area contributed by atoms with Crippen LogP contribution in [0.3, 0.4) is 0 Å². The van der Waals surface area contributed by atoms with Gasteiger partial charge >= 0.3 is 12.0 Å². The van der Waals surface area contributed by atoms with Gasteiger partial charge in [-0.2, -0.15) is 0 Å². The number of carboxylic acids is 1. The topological polar surface area (TPSA) is 113 Å². The first kappa shape index (κ1) is 20.8. The first-order valence-electron chi connectivity index (χ1n) is 9.16. The van der Waals surface area contributed by atoms with E-state index in [-0.39, 0.29) is 11.3 Å².